The van der Waals surface area contributed by atoms with Gasteiger partial charge in [0.25, 0.3) is 0 Å². The lowest BCUT2D eigenvalue weighted by Gasteiger charge is -1.96. The summed E-state index contributed by atoms with van der Waals surface area (Å²) in [5.74, 6) is 0. The van der Waals surface area contributed by atoms with Crippen LogP contribution in [0.2, 0.25) is 0 Å². The number of hydrogen-bond acceptors (Lipinski definition) is 2. The lowest BCUT2D eigenvalue weighted by Crippen LogP contribution is -2.15. The molecule has 9 heavy (non-hydrogen) atoms. The van der Waals surface area contributed by atoms with Crippen LogP contribution in [0.25, 0.3) is 0 Å². The molecule has 0 fully saturated rings. The number of nitro groups is 1. The van der Waals surface area contributed by atoms with Gasteiger partial charge in [0.15, 0.2) is 0 Å². The Hall–Kier alpha value is 1.00. The number of hydrogen-bond donors (Lipinski definition) is 0. The van der Waals surface area contributed by atoms with Gasteiger partial charge in [-0.05, 0) is 39.7 Å². The van der Waals surface area contributed by atoms with E-state index in [-0.39, 0.29) is 0 Å². The van der Waals surface area contributed by atoms with E-state index in [0.29, 0.717) is 0 Å². The Morgan fingerprint density at radius 2 is 1.56 bits per heavy atom. The average molecular weight is 306 g/mol. The maximum Gasteiger partial charge on any atom is 0.449 e. The zero-order valence-corrected chi connectivity index (χ0v) is 8.70. The van der Waals surface area contributed by atoms with Crippen LogP contribution in [0.4, 0.5) is 0 Å². The van der Waals surface area contributed by atoms with Crippen molar-refractivity contribution >= 4 is 57.4 Å². The Morgan fingerprint density at radius 3 is 1.56 bits per heavy atom. The molecular weight excluding hydrogens is 303 g/mol. The molecule has 0 unspecified atom stereocenters. The first-order valence-electron chi connectivity index (χ1n) is 1.53. The van der Waals surface area contributed by atoms with Gasteiger partial charge in [-0.3, -0.25) is 10.1 Å². The Bertz CT molecular complexity index is 92.3. The topological polar surface area (TPSA) is 43.1 Å². The maximum atomic E-state index is 9.43. The first kappa shape index (κ1) is 12.7. The van der Waals surface area contributed by atoms with E-state index in [4.69, 9.17) is 34.8 Å². The number of nitrogens with zero attached hydrogens (tertiary/aromatic N) is 1. The van der Waals surface area contributed by atoms with Gasteiger partial charge in [-0.2, -0.15) is 0 Å². The van der Waals surface area contributed by atoms with Gasteiger partial charge in [0, 0.05) is 0 Å². The molecule has 0 aromatic carbocycles. The van der Waals surface area contributed by atoms with Crippen molar-refractivity contribution in [2.24, 2.45) is 0 Å². The number of rotatable bonds is 0. The summed E-state index contributed by atoms with van der Waals surface area (Å²) < 4.78 is -2.36. The number of halogens is 4. The van der Waals surface area contributed by atoms with Gasteiger partial charge in [-0.15, -0.1) is 0 Å². The normalized spacial score (nSPS) is 9.44. The summed E-state index contributed by atoms with van der Waals surface area (Å²) in [5.41, 5.74) is 0. The summed E-state index contributed by atoms with van der Waals surface area (Å²) >= 11 is 16.2. The predicted molar refractivity (Wildman–Crippen MR) is 47.2 cm³/mol. The molecule has 0 amide bonds. The summed E-state index contributed by atoms with van der Waals surface area (Å²) in [5, 5.41) is 9.43. The highest BCUT2D eigenvalue weighted by atomic mass is 127. The first-order chi connectivity index (χ1) is 3.94. The molecule has 0 bridgehead atoms. The molecule has 0 radical (unpaired) electrons. The summed E-state index contributed by atoms with van der Waals surface area (Å²) in [6.45, 7) is 0. The Morgan fingerprint density at radius 1 is 1.44 bits per heavy atom. The van der Waals surface area contributed by atoms with Crippen molar-refractivity contribution in [1.29, 1.82) is 0 Å². The van der Waals surface area contributed by atoms with E-state index < -0.39 is 8.84 Å². The van der Waals surface area contributed by atoms with Gasteiger partial charge in [-0.1, -0.05) is 22.6 Å². The van der Waals surface area contributed by atoms with Gasteiger partial charge < -0.3 is 0 Å². The van der Waals surface area contributed by atoms with Crippen molar-refractivity contribution in [3.05, 3.63) is 10.1 Å². The van der Waals surface area contributed by atoms with Gasteiger partial charge in [-0.25, -0.2) is 0 Å². The molecular formula is C2H3Cl3INO2. The standard InChI is InChI=1S/CCl3NO2.CH3I/c2-1(3,4)5(6)7;1-2/h;1H3. The first-order valence-corrected chi connectivity index (χ1v) is 4.83. The smallest absolute Gasteiger partial charge is 0.260 e. The van der Waals surface area contributed by atoms with Crippen LogP contribution < -0.4 is 0 Å². The van der Waals surface area contributed by atoms with Crippen LogP contribution in [0.15, 0.2) is 0 Å². The molecule has 0 aliphatic carbocycles. The summed E-state index contributed by atoms with van der Waals surface area (Å²) in [4.78, 5) is 10.4. The second-order valence-corrected chi connectivity index (χ2v) is 2.95. The van der Waals surface area contributed by atoms with Crippen LogP contribution >= 0.6 is 57.4 Å². The highest BCUT2D eigenvalue weighted by Gasteiger charge is 2.33. The summed E-state index contributed by atoms with van der Waals surface area (Å²) in [6, 6.07) is 0. The molecule has 0 aliphatic heterocycles. The molecule has 0 aromatic rings. The molecule has 0 aromatic heterocycles. The SMILES string of the molecule is CI.O=[N+]([O-])C(Cl)(Cl)Cl. The third-order valence-corrected chi connectivity index (χ3v) is 0.621. The minimum absolute atomic E-state index is 1.02. The molecule has 0 saturated heterocycles. The predicted octanol–water partition coefficient (Wildman–Crippen LogP) is 2.64. The fourth-order valence-corrected chi connectivity index (χ4v) is 0. The van der Waals surface area contributed by atoms with Gasteiger partial charge in [0.2, 0.25) is 0 Å². The molecule has 0 atom stereocenters. The quantitative estimate of drug-likeness (QED) is 0.227. The van der Waals surface area contributed by atoms with E-state index in [1.807, 2.05) is 4.93 Å². The summed E-state index contributed by atoms with van der Waals surface area (Å²) in [6.07, 6.45) is 0. The number of alkyl halides is 4. The molecule has 0 N–H and O–H groups in total. The molecule has 0 rings (SSSR count). The fourth-order valence-electron chi connectivity index (χ4n) is 0. The highest BCUT2D eigenvalue weighted by molar-refractivity contribution is 14.1. The van der Waals surface area contributed by atoms with E-state index in [1.165, 1.54) is 0 Å². The van der Waals surface area contributed by atoms with Crippen LogP contribution in [0.5, 0.6) is 0 Å². The van der Waals surface area contributed by atoms with Crippen molar-refractivity contribution in [2.75, 3.05) is 4.93 Å². The van der Waals surface area contributed by atoms with Crippen molar-refractivity contribution in [2.45, 2.75) is 3.92 Å². The van der Waals surface area contributed by atoms with Gasteiger partial charge in [0.05, 0.1) is 4.92 Å². The monoisotopic (exact) mass is 305 g/mol. The lowest BCUT2D eigenvalue weighted by atomic mass is 11.4. The van der Waals surface area contributed by atoms with E-state index in [0.717, 1.165) is 0 Å². The van der Waals surface area contributed by atoms with Crippen molar-refractivity contribution < 1.29 is 4.92 Å². The van der Waals surface area contributed by atoms with Crippen LogP contribution in [-0.2, 0) is 0 Å². The van der Waals surface area contributed by atoms with Crippen LogP contribution in [-0.4, -0.2) is 13.8 Å². The molecule has 0 saturated carbocycles. The zero-order chi connectivity index (χ0) is 8.08. The van der Waals surface area contributed by atoms with Crippen LogP contribution in [0, 0.1) is 10.1 Å². The molecule has 0 spiro atoms. The van der Waals surface area contributed by atoms with E-state index >= 15 is 0 Å². The Kier molecular flexibility index (Phi) is 8.10. The van der Waals surface area contributed by atoms with Gasteiger partial charge >= 0.3 is 3.92 Å². The maximum absolute atomic E-state index is 9.43. The largest absolute Gasteiger partial charge is 0.449 e. The van der Waals surface area contributed by atoms with Crippen LogP contribution in [0.3, 0.4) is 0 Å². The fraction of sp³-hybridized carbons (Fsp3) is 1.00. The minimum atomic E-state index is -2.36. The molecule has 3 nitrogen and oxygen atoms in total. The van der Waals surface area contributed by atoms with Crippen molar-refractivity contribution in [3.8, 4) is 0 Å². The highest BCUT2D eigenvalue weighted by Crippen LogP contribution is 2.25. The average Bonchev–Trinajstić information content (AvgIpc) is 1.69. The van der Waals surface area contributed by atoms with Crippen molar-refractivity contribution in [1.82, 2.24) is 0 Å². The minimum Gasteiger partial charge on any atom is -0.260 e. The van der Waals surface area contributed by atoms with Crippen molar-refractivity contribution in [3.63, 3.8) is 0 Å². The molecule has 0 heterocycles. The van der Waals surface area contributed by atoms with E-state index in [2.05, 4.69) is 22.6 Å². The van der Waals surface area contributed by atoms with Crippen LogP contribution in [0.1, 0.15) is 0 Å². The second kappa shape index (κ2) is 5.76. The summed E-state index contributed by atoms with van der Waals surface area (Å²) in [7, 11) is 0. The van der Waals surface area contributed by atoms with E-state index in [9.17, 15) is 10.1 Å². The molecule has 0 aliphatic rings. The molecule has 56 valence electrons. The Balaban J connectivity index is 0. The zero-order valence-electron chi connectivity index (χ0n) is 4.28. The third kappa shape index (κ3) is 9.00. The lowest BCUT2D eigenvalue weighted by molar-refractivity contribution is -0.491. The van der Waals surface area contributed by atoms with Gasteiger partial charge in [0.1, 0.15) is 0 Å². The third-order valence-electron chi connectivity index (χ3n) is 0.207. The van der Waals surface area contributed by atoms with E-state index in [1.54, 1.807) is 0 Å². The Labute approximate surface area is 80.9 Å². The second-order valence-electron chi connectivity index (χ2n) is 0.725. The molecule has 7 heteroatoms.